The second-order valence-electron chi connectivity index (χ2n) is 4.89. The molecule has 102 valence electrons. The minimum atomic E-state index is -3.83. The van der Waals surface area contributed by atoms with Gasteiger partial charge in [0.1, 0.15) is 4.90 Å². The first kappa shape index (κ1) is 13.5. The molecular weight excluding hydrogens is 278 g/mol. The maximum atomic E-state index is 11.6. The zero-order valence-corrected chi connectivity index (χ0v) is 11.8. The van der Waals surface area contributed by atoms with Crippen molar-refractivity contribution < 1.29 is 16.8 Å². The van der Waals surface area contributed by atoms with E-state index >= 15 is 0 Å². The number of nitrogens with two attached hydrogens (primary N) is 1. The molecule has 0 spiro atoms. The van der Waals surface area contributed by atoms with Crippen LogP contribution in [0.4, 0.5) is 0 Å². The van der Waals surface area contributed by atoms with Crippen LogP contribution in [0.25, 0.3) is 0 Å². The van der Waals surface area contributed by atoms with Crippen molar-refractivity contribution in [3.63, 3.8) is 0 Å². The Morgan fingerprint density at radius 3 is 2.50 bits per heavy atom. The van der Waals surface area contributed by atoms with Crippen molar-refractivity contribution in [1.82, 2.24) is 9.78 Å². The average molecular weight is 293 g/mol. The molecule has 1 aromatic rings. The first-order valence-corrected chi connectivity index (χ1v) is 8.70. The molecule has 0 aliphatic carbocycles. The summed E-state index contributed by atoms with van der Waals surface area (Å²) >= 11 is 0. The van der Waals surface area contributed by atoms with Crippen molar-refractivity contribution in [3.05, 3.63) is 11.9 Å². The van der Waals surface area contributed by atoms with Gasteiger partial charge in [-0.15, -0.1) is 0 Å². The largest absolute Gasteiger partial charge is 0.262 e. The number of primary sulfonamides is 1. The number of sulfone groups is 1. The lowest BCUT2D eigenvalue weighted by molar-refractivity contribution is 0.321. The summed E-state index contributed by atoms with van der Waals surface area (Å²) in [5, 5.41) is 9.06. The minimum absolute atomic E-state index is 0.0351. The first-order valence-electron chi connectivity index (χ1n) is 5.34. The van der Waals surface area contributed by atoms with Crippen molar-refractivity contribution in [1.29, 1.82) is 0 Å². The Kier molecular flexibility index (Phi) is 2.84. The third-order valence-corrected chi connectivity index (χ3v) is 6.17. The van der Waals surface area contributed by atoms with Gasteiger partial charge in [-0.05, 0) is 20.3 Å². The zero-order chi connectivity index (χ0) is 13.8. The summed E-state index contributed by atoms with van der Waals surface area (Å²) in [5.74, 6) is 0.0556. The molecule has 2 rings (SSSR count). The summed E-state index contributed by atoms with van der Waals surface area (Å²) in [6, 6.07) is 0. The second-order valence-corrected chi connectivity index (χ2v) is 8.60. The number of aromatic nitrogens is 2. The molecule has 0 saturated carbocycles. The molecule has 1 fully saturated rings. The molecule has 0 aromatic carbocycles. The molecular formula is C9H15N3O4S2. The highest BCUT2D eigenvalue weighted by molar-refractivity contribution is 7.91. The van der Waals surface area contributed by atoms with Crippen LogP contribution >= 0.6 is 0 Å². The van der Waals surface area contributed by atoms with Crippen LogP contribution in [-0.4, -0.2) is 38.1 Å². The normalized spacial score (nSPS) is 27.5. The van der Waals surface area contributed by atoms with Gasteiger partial charge in [-0.2, -0.15) is 5.10 Å². The van der Waals surface area contributed by atoms with E-state index < -0.39 is 25.4 Å². The van der Waals surface area contributed by atoms with Crippen molar-refractivity contribution in [2.45, 2.75) is 30.7 Å². The van der Waals surface area contributed by atoms with E-state index in [1.165, 1.54) is 10.9 Å². The average Bonchev–Trinajstić information content (AvgIpc) is 2.67. The highest BCUT2D eigenvalue weighted by Crippen LogP contribution is 2.32. The maximum Gasteiger partial charge on any atom is 0.241 e. The molecule has 2 heterocycles. The SMILES string of the molecule is Cc1c(S(N)(=O)=O)cnn1C1(C)CCS(=O)(=O)C1. The van der Waals surface area contributed by atoms with Gasteiger partial charge in [-0.3, -0.25) is 4.68 Å². The number of hydrogen-bond acceptors (Lipinski definition) is 5. The fourth-order valence-electron chi connectivity index (χ4n) is 2.38. The van der Waals surface area contributed by atoms with Crippen LogP contribution in [0.1, 0.15) is 19.0 Å². The van der Waals surface area contributed by atoms with E-state index in [0.29, 0.717) is 12.1 Å². The fraction of sp³-hybridized carbons (Fsp3) is 0.667. The van der Waals surface area contributed by atoms with E-state index in [2.05, 4.69) is 5.10 Å². The number of sulfonamides is 1. The maximum absolute atomic E-state index is 11.6. The molecule has 1 saturated heterocycles. The van der Waals surface area contributed by atoms with Crippen molar-refractivity contribution in [2.24, 2.45) is 5.14 Å². The molecule has 1 aliphatic rings. The number of hydrogen-bond donors (Lipinski definition) is 1. The Balaban J connectivity index is 2.52. The molecule has 18 heavy (non-hydrogen) atoms. The Morgan fingerprint density at radius 1 is 1.50 bits per heavy atom. The van der Waals surface area contributed by atoms with Crippen LogP contribution < -0.4 is 5.14 Å². The van der Waals surface area contributed by atoms with Gasteiger partial charge >= 0.3 is 0 Å². The monoisotopic (exact) mass is 293 g/mol. The van der Waals surface area contributed by atoms with Gasteiger partial charge in [-0.25, -0.2) is 22.0 Å². The molecule has 9 heteroatoms. The van der Waals surface area contributed by atoms with E-state index in [1.54, 1.807) is 13.8 Å². The molecule has 0 radical (unpaired) electrons. The molecule has 1 aliphatic heterocycles. The summed E-state index contributed by atoms with van der Waals surface area (Å²) in [6.07, 6.45) is 1.59. The molecule has 0 bridgehead atoms. The number of nitrogens with zero attached hydrogens (tertiary/aromatic N) is 2. The van der Waals surface area contributed by atoms with Crippen LogP contribution in [0.2, 0.25) is 0 Å². The second kappa shape index (κ2) is 3.78. The smallest absolute Gasteiger partial charge is 0.241 e. The highest BCUT2D eigenvalue weighted by Gasteiger charge is 2.42. The predicted molar refractivity (Wildman–Crippen MR) is 65.3 cm³/mol. The van der Waals surface area contributed by atoms with E-state index in [9.17, 15) is 16.8 Å². The quantitative estimate of drug-likeness (QED) is 0.780. The Hall–Kier alpha value is -0.930. The lowest BCUT2D eigenvalue weighted by Crippen LogP contribution is -2.33. The summed E-state index contributed by atoms with van der Waals surface area (Å²) < 4.78 is 47.2. The summed E-state index contributed by atoms with van der Waals surface area (Å²) in [5.41, 5.74) is -0.330. The molecule has 1 unspecified atom stereocenters. The van der Waals surface area contributed by atoms with E-state index in [1.807, 2.05) is 0 Å². The zero-order valence-electron chi connectivity index (χ0n) is 10.1. The summed E-state index contributed by atoms with van der Waals surface area (Å²) in [7, 11) is -6.92. The fourth-order valence-corrected chi connectivity index (χ4v) is 5.18. The Bertz CT molecular complexity index is 689. The van der Waals surface area contributed by atoms with Gasteiger partial charge in [0.2, 0.25) is 10.0 Å². The van der Waals surface area contributed by atoms with Gasteiger partial charge in [0, 0.05) is 0 Å². The van der Waals surface area contributed by atoms with Crippen molar-refractivity contribution in [3.8, 4) is 0 Å². The number of rotatable bonds is 2. The first-order chi connectivity index (χ1) is 8.05. The van der Waals surface area contributed by atoms with E-state index in [-0.39, 0.29) is 16.4 Å². The third kappa shape index (κ3) is 2.17. The van der Waals surface area contributed by atoms with Crippen molar-refractivity contribution >= 4 is 19.9 Å². The van der Waals surface area contributed by atoms with Crippen LogP contribution in [0.3, 0.4) is 0 Å². The Labute approximate surface area is 106 Å². The molecule has 7 nitrogen and oxygen atoms in total. The standard InChI is InChI=1S/C9H15N3O4S2/c1-7-8(18(10,15)16)5-11-12(7)9(2)3-4-17(13,14)6-9/h5H,3-4,6H2,1-2H3,(H2,10,15,16). The molecule has 0 amide bonds. The van der Waals surface area contributed by atoms with E-state index in [4.69, 9.17) is 5.14 Å². The van der Waals surface area contributed by atoms with Gasteiger partial charge in [0.25, 0.3) is 0 Å². The minimum Gasteiger partial charge on any atom is -0.262 e. The molecule has 1 atom stereocenters. The third-order valence-electron chi connectivity index (χ3n) is 3.27. The highest BCUT2D eigenvalue weighted by atomic mass is 32.2. The van der Waals surface area contributed by atoms with Gasteiger partial charge in [-0.1, -0.05) is 0 Å². The van der Waals surface area contributed by atoms with Gasteiger partial charge < -0.3 is 0 Å². The predicted octanol–water partition coefficient (Wildman–Crippen LogP) is -0.627. The van der Waals surface area contributed by atoms with E-state index in [0.717, 1.165) is 0 Å². The summed E-state index contributed by atoms with van der Waals surface area (Å²) in [6.45, 7) is 3.33. The van der Waals surface area contributed by atoms with Gasteiger partial charge in [0.15, 0.2) is 9.84 Å². The van der Waals surface area contributed by atoms with Crippen molar-refractivity contribution in [2.75, 3.05) is 11.5 Å². The van der Waals surface area contributed by atoms with Gasteiger partial charge in [0.05, 0.1) is 28.9 Å². The van der Waals surface area contributed by atoms with Crippen LogP contribution in [0.15, 0.2) is 11.1 Å². The Morgan fingerprint density at radius 2 is 2.11 bits per heavy atom. The van der Waals surface area contributed by atoms with Crippen LogP contribution in [0.5, 0.6) is 0 Å². The molecule has 1 aromatic heterocycles. The lowest BCUT2D eigenvalue weighted by Gasteiger charge is -2.24. The summed E-state index contributed by atoms with van der Waals surface area (Å²) in [4.78, 5) is -0.0620. The molecule has 2 N–H and O–H groups in total. The van der Waals surface area contributed by atoms with Crippen LogP contribution in [0, 0.1) is 6.92 Å². The topological polar surface area (TPSA) is 112 Å². The lowest BCUT2D eigenvalue weighted by atomic mass is 10.0. The van der Waals surface area contributed by atoms with Crippen LogP contribution in [-0.2, 0) is 25.4 Å².